The van der Waals surface area contributed by atoms with Gasteiger partial charge in [-0.25, -0.2) is 9.97 Å². The van der Waals surface area contributed by atoms with Crippen molar-refractivity contribution in [3.63, 3.8) is 0 Å². The number of aromatic nitrogens is 2. The number of fused-ring (bicyclic) bond motifs is 1. The van der Waals surface area contributed by atoms with Crippen molar-refractivity contribution in [3.05, 3.63) is 21.7 Å². The molecule has 0 atom stereocenters. The van der Waals surface area contributed by atoms with Crippen LogP contribution in [0, 0.1) is 5.41 Å². The van der Waals surface area contributed by atoms with Crippen LogP contribution >= 0.6 is 23.2 Å². The fourth-order valence-electron chi connectivity index (χ4n) is 1.88. The zero-order valence-corrected chi connectivity index (χ0v) is 9.78. The molecule has 0 radical (unpaired) electrons. The summed E-state index contributed by atoms with van der Waals surface area (Å²) in [6.07, 6.45) is 3.02. The standard InChI is InChI=1S/C10H12Cl2N2/c1-10(2)4-3-7-6(5-10)8(11)14-9(12)13-7/h3-5H2,1-2H3. The summed E-state index contributed by atoms with van der Waals surface area (Å²) in [5.41, 5.74) is 2.40. The van der Waals surface area contributed by atoms with E-state index < -0.39 is 0 Å². The molecule has 14 heavy (non-hydrogen) atoms. The molecule has 1 aliphatic carbocycles. The Morgan fingerprint density at radius 3 is 2.64 bits per heavy atom. The predicted molar refractivity (Wildman–Crippen MR) is 57.9 cm³/mol. The number of rotatable bonds is 0. The van der Waals surface area contributed by atoms with E-state index in [1.165, 1.54) is 0 Å². The van der Waals surface area contributed by atoms with Crippen molar-refractivity contribution in [3.8, 4) is 0 Å². The Kier molecular flexibility index (Phi) is 2.44. The van der Waals surface area contributed by atoms with E-state index in [0.717, 1.165) is 30.5 Å². The van der Waals surface area contributed by atoms with Gasteiger partial charge in [0.05, 0.1) is 5.69 Å². The maximum Gasteiger partial charge on any atom is 0.224 e. The van der Waals surface area contributed by atoms with E-state index in [-0.39, 0.29) is 5.28 Å². The highest BCUT2D eigenvalue weighted by Crippen LogP contribution is 2.36. The average Bonchev–Trinajstić information content (AvgIpc) is 2.06. The fourth-order valence-corrected chi connectivity index (χ4v) is 2.36. The van der Waals surface area contributed by atoms with Crippen molar-refractivity contribution >= 4 is 23.2 Å². The lowest BCUT2D eigenvalue weighted by molar-refractivity contribution is 0.311. The van der Waals surface area contributed by atoms with E-state index in [1.54, 1.807) is 0 Å². The lowest BCUT2D eigenvalue weighted by Crippen LogP contribution is -2.23. The zero-order valence-electron chi connectivity index (χ0n) is 8.27. The lowest BCUT2D eigenvalue weighted by Gasteiger charge is -2.30. The van der Waals surface area contributed by atoms with Crippen LogP contribution in [0.5, 0.6) is 0 Å². The Bertz CT molecular complexity index is 375. The molecule has 2 rings (SSSR count). The molecule has 76 valence electrons. The molecule has 0 fully saturated rings. The average molecular weight is 231 g/mol. The van der Waals surface area contributed by atoms with Crippen LogP contribution in [0.2, 0.25) is 10.4 Å². The summed E-state index contributed by atoms with van der Waals surface area (Å²) in [4.78, 5) is 8.18. The monoisotopic (exact) mass is 230 g/mol. The summed E-state index contributed by atoms with van der Waals surface area (Å²) in [5, 5.41) is 0.779. The number of nitrogens with zero attached hydrogens (tertiary/aromatic N) is 2. The minimum absolute atomic E-state index is 0.258. The van der Waals surface area contributed by atoms with Crippen LogP contribution in [0.15, 0.2) is 0 Å². The normalized spacial score (nSPS) is 19.1. The van der Waals surface area contributed by atoms with E-state index in [9.17, 15) is 0 Å². The minimum Gasteiger partial charge on any atom is -0.223 e. The Balaban J connectivity index is 2.47. The minimum atomic E-state index is 0.258. The van der Waals surface area contributed by atoms with Gasteiger partial charge in [-0.1, -0.05) is 25.4 Å². The first-order valence-electron chi connectivity index (χ1n) is 4.69. The molecule has 0 amide bonds. The van der Waals surface area contributed by atoms with E-state index in [1.807, 2.05) is 0 Å². The molecule has 0 saturated heterocycles. The highest BCUT2D eigenvalue weighted by molar-refractivity contribution is 6.32. The number of hydrogen-bond donors (Lipinski definition) is 0. The van der Waals surface area contributed by atoms with Crippen molar-refractivity contribution in [1.29, 1.82) is 0 Å². The van der Waals surface area contributed by atoms with Gasteiger partial charge in [0.1, 0.15) is 5.15 Å². The SMILES string of the molecule is CC1(C)CCc2nc(Cl)nc(Cl)c2C1. The van der Waals surface area contributed by atoms with Gasteiger partial charge in [-0.05, 0) is 36.3 Å². The molecule has 0 aliphatic heterocycles. The summed E-state index contributed by atoms with van der Waals surface area (Å²) in [7, 11) is 0. The van der Waals surface area contributed by atoms with Crippen LogP contribution in [-0.2, 0) is 12.8 Å². The molecule has 0 unspecified atom stereocenters. The number of halogens is 2. The smallest absolute Gasteiger partial charge is 0.223 e. The molecule has 1 aliphatic rings. The third-order valence-corrected chi connectivity index (χ3v) is 3.19. The van der Waals surface area contributed by atoms with Gasteiger partial charge in [-0.3, -0.25) is 0 Å². The maximum atomic E-state index is 6.04. The second-order valence-electron chi connectivity index (χ2n) is 4.55. The zero-order chi connectivity index (χ0) is 10.3. The Morgan fingerprint density at radius 2 is 1.93 bits per heavy atom. The molecule has 0 saturated carbocycles. The molecule has 1 aromatic rings. The van der Waals surface area contributed by atoms with Crippen molar-refractivity contribution in [2.75, 3.05) is 0 Å². The first-order chi connectivity index (χ1) is 6.48. The van der Waals surface area contributed by atoms with Crippen LogP contribution in [-0.4, -0.2) is 9.97 Å². The molecular weight excluding hydrogens is 219 g/mol. The molecule has 0 spiro atoms. The second kappa shape index (κ2) is 3.35. The summed E-state index contributed by atoms with van der Waals surface area (Å²) >= 11 is 11.8. The van der Waals surface area contributed by atoms with E-state index in [4.69, 9.17) is 23.2 Å². The molecule has 0 bridgehead atoms. The summed E-state index contributed by atoms with van der Waals surface area (Å²) in [5.74, 6) is 0. The van der Waals surface area contributed by atoms with Crippen LogP contribution in [0.25, 0.3) is 0 Å². The molecule has 1 aromatic heterocycles. The lowest BCUT2D eigenvalue weighted by atomic mass is 9.76. The van der Waals surface area contributed by atoms with Gasteiger partial charge >= 0.3 is 0 Å². The number of aryl methyl sites for hydroxylation is 1. The van der Waals surface area contributed by atoms with E-state index in [0.29, 0.717) is 10.6 Å². The first kappa shape index (κ1) is 10.2. The molecule has 0 aromatic carbocycles. The quantitative estimate of drug-likeness (QED) is 0.505. The molecule has 2 nitrogen and oxygen atoms in total. The van der Waals surface area contributed by atoms with Crippen molar-refractivity contribution in [2.24, 2.45) is 5.41 Å². The largest absolute Gasteiger partial charge is 0.224 e. The third kappa shape index (κ3) is 1.86. The van der Waals surface area contributed by atoms with Crippen LogP contribution in [0.1, 0.15) is 31.5 Å². The second-order valence-corrected chi connectivity index (χ2v) is 5.25. The van der Waals surface area contributed by atoms with Gasteiger partial charge in [-0.15, -0.1) is 0 Å². The van der Waals surface area contributed by atoms with Gasteiger partial charge in [0.2, 0.25) is 5.28 Å². The summed E-state index contributed by atoms with van der Waals surface area (Å²) in [6.45, 7) is 4.47. The van der Waals surface area contributed by atoms with Gasteiger partial charge in [0.25, 0.3) is 0 Å². The topological polar surface area (TPSA) is 25.8 Å². The maximum absolute atomic E-state index is 6.04. The highest BCUT2D eigenvalue weighted by Gasteiger charge is 2.28. The van der Waals surface area contributed by atoms with Crippen molar-refractivity contribution in [2.45, 2.75) is 33.1 Å². The Hall–Kier alpha value is -0.340. The molecular formula is C10H12Cl2N2. The van der Waals surface area contributed by atoms with Gasteiger partial charge in [0.15, 0.2) is 0 Å². The van der Waals surface area contributed by atoms with Gasteiger partial charge in [0, 0.05) is 5.56 Å². The highest BCUT2D eigenvalue weighted by atomic mass is 35.5. The van der Waals surface area contributed by atoms with Crippen molar-refractivity contribution in [1.82, 2.24) is 9.97 Å². The first-order valence-corrected chi connectivity index (χ1v) is 5.44. The summed E-state index contributed by atoms with van der Waals surface area (Å²) < 4.78 is 0. The number of hydrogen-bond acceptors (Lipinski definition) is 2. The van der Waals surface area contributed by atoms with E-state index >= 15 is 0 Å². The Morgan fingerprint density at radius 1 is 1.21 bits per heavy atom. The molecule has 0 N–H and O–H groups in total. The third-order valence-electron chi connectivity index (χ3n) is 2.71. The van der Waals surface area contributed by atoms with E-state index in [2.05, 4.69) is 23.8 Å². The van der Waals surface area contributed by atoms with Crippen LogP contribution < -0.4 is 0 Å². The van der Waals surface area contributed by atoms with Crippen LogP contribution in [0.4, 0.5) is 0 Å². The van der Waals surface area contributed by atoms with Gasteiger partial charge < -0.3 is 0 Å². The summed E-state index contributed by atoms with van der Waals surface area (Å²) in [6, 6.07) is 0. The predicted octanol–water partition coefficient (Wildman–Crippen LogP) is 3.30. The van der Waals surface area contributed by atoms with Crippen molar-refractivity contribution < 1.29 is 0 Å². The fraction of sp³-hybridized carbons (Fsp3) is 0.600. The molecule has 4 heteroatoms. The van der Waals surface area contributed by atoms with Crippen LogP contribution in [0.3, 0.4) is 0 Å². The Labute approximate surface area is 93.7 Å². The van der Waals surface area contributed by atoms with Gasteiger partial charge in [-0.2, -0.15) is 0 Å². The molecule has 1 heterocycles.